The molecule has 0 amide bonds. The topological polar surface area (TPSA) is 80.1 Å². The summed E-state index contributed by atoms with van der Waals surface area (Å²) in [7, 11) is 0. The maximum atomic E-state index is 16.1. The van der Waals surface area contributed by atoms with Gasteiger partial charge in [-0.2, -0.15) is 5.10 Å². The molecule has 6 nitrogen and oxygen atoms in total. The van der Waals surface area contributed by atoms with Crippen LogP contribution in [-0.2, 0) is 9.53 Å². The number of aromatic nitrogens is 3. The van der Waals surface area contributed by atoms with E-state index in [1.807, 2.05) is 10.6 Å². The van der Waals surface area contributed by atoms with Gasteiger partial charge in [0.15, 0.2) is 17.5 Å². The predicted octanol–water partition coefficient (Wildman–Crippen LogP) is 5.79. The lowest BCUT2D eigenvalue weighted by molar-refractivity contribution is -0.141. The van der Waals surface area contributed by atoms with Crippen molar-refractivity contribution in [1.29, 1.82) is 0 Å². The van der Waals surface area contributed by atoms with E-state index in [0.717, 1.165) is 23.4 Å². The molecule has 182 valence electrons. The summed E-state index contributed by atoms with van der Waals surface area (Å²) in [5.74, 6) is -3.92. The van der Waals surface area contributed by atoms with E-state index < -0.39 is 29.3 Å². The van der Waals surface area contributed by atoms with Gasteiger partial charge in [0.25, 0.3) is 0 Å². The molecule has 0 unspecified atom stereocenters. The number of hydrogen-bond acceptors (Lipinski definition) is 3. The van der Waals surface area contributed by atoms with Gasteiger partial charge < -0.3 is 14.4 Å². The minimum atomic E-state index is -0.986. The van der Waals surface area contributed by atoms with E-state index in [1.54, 1.807) is 0 Å². The Morgan fingerprint density at radius 3 is 2.57 bits per heavy atom. The first-order valence-corrected chi connectivity index (χ1v) is 11.9. The molecule has 0 spiro atoms. The Morgan fingerprint density at radius 1 is 1.06 bits per heavy atom. The maximum Gasteiger partial charge on any atom is 0.306 e. The largest absolute Gasteiger partial charge is 0.481 e. The highest BCUT2D eigenvalue weighted by Gasteiger charge is 2.38. The fraction of sp³-hybridized carbons (Fsp3) is 0.385. The van der Waals surface area contributed by atoms with Crippen molar-refractivity contribution in [2.75, 3.05) is 13.2 Å². The summed E-state index contributed by atoms with van der Waals surface area (Å²) in [5.41, 5.74) is 2.82. The molecule has 35 heavy (non-hydrogen) atoms. The Hall–Kier alpha value is -3.33. The monoisotopic (exact) mass is 483 g/mol. The number of carbonyl (C=O) groups is 1. The highest BCUT2D eigenvalue weighted by atomic mass is 19.2. The number of fused-ring (bicyclic) bond motifs is 2. The van der Waals surface area contributed by atoms with Crippen molar-refractivity contribution in [3.63, 3.8) is 0 Å². The Bertz CT molecular complexity index is 1450. The van der Waals surface area contributed by atoms with Gasteiger partial charge in [0.1, 0.15) is 5.52 Å². The molecule has 4 aromatic rings. The van der Waals surface area contributed by atoms with E-state index in [9.17, 15) is 18.7 Å². The third kappa shape index (κ3) is 3.52. The molecular weight excluding hydrogens is 459 g/mol. The van der Waals surface area contributed by atoms with Crippen LogP contribution >= 0.6 is 0 Å². The smallest absolute Gasteiger partial charge is 0.306 e. The molecule has 0 bridgehead atoms. The number of carboxylic acid groups (broad SMARTS) is 1. The lowest BCUT2D eigenvalue weighted by Gasteiger charge is -2.27. The van der Waals surface area contributed by atoms with Crippen LogP contribution in [0.2, 0.25) is 0 Å². The van der Waals surface area contributed by atoms with Gasteiger partial charge in [0.05, 0.1) is 17.6 Å². The summed E-state index contributed by atoms with van der Waals surface area (Å²) >= 11 is 0. The lowest BCUT2D eigenvalue weighted by Crippen LogP contribution is -2.19. The van der Waals surface area contributed by atoms with E-state index in [4.69, 9.17) is 4.74 Å². The predicted molar refractivity (Wildman–Crippen MR) is 123 cm³/mol. The van der Waals surface area contributed by atoms with E-state index in [1.165, 1.54) is 12.3 Å². The average molecular weight is 483 g/mol. The molecule has 2 atom stereocenters. The van der Waals surface area contributed by atoms with E-state index in [-0.39, 0.29) is 17.4 Å². The number of benzene rings is 2. The van der Waals surface area contributed by atoms with E-state index in [2.05, 4.69) is 10.2 Å². The molecule has 6 rings (SSSR count). The maximum absolute atomic E-state index is 16.1. The molecular formula is C26H24F3N3O3. The first kappa shape index (κ1) is 22.2. The standard InChI is InChI=1S/C26H24F3N3O3/c27-18-4-3-17(11-19(18)28)32-20-10-16-12-30-31-24(16)23(29)22(20)21(14-1-2-15(9-14)26(33)34)25(32)13-5-7-35-8-6-13/h3-4,10-15H,1-2,5-9H2,(H,30,31)(H,33,34)/t14-,15-/m1/s1. The molecule has 1 saturated carbocycles. The van der Waals surface area contributed by atoms with Gasteiger partial charge in [0.2, 0.25) is 0 Å². The highest BCUT2D eigenvalue weighted by Crippen LogP contribution is 2.49. The molecule has 2 N–H and O–H groups in total. The van der Waals surface area contributed by atoms with Gasteiger partial charge in [-0.3, -0.25) is 9.89 Å². The quantitative estimate of drug-likeness (QED) is 0.385. The minimum absolute atomic E-state index is 0.000917. The second-order valence-electron chi connectivity index (χ2n) is 9.58. The summed E-state index contributed by atoms with van der Waals surface area (Å²) in [5, 5.41) is 17.3. The SMILES string of the molecule is O=C(O)[C@@H]1CC[C@@H](c2c(C3CCOCC3)n(-c3ccc(F)c(F)c3)c3cc4cn[nH]c4c(F)c23)C1. The van der Waals surface area contributed by atoms with Crippen LogP contribution in [0.1, 0.15) is 55.2 Å². The lowest BCUT2D eigenvalue weighted by atomic mass is 9.86. The molecule has 2 aromatic carbocycles. The first-order valence-electron chi connectivity index (χ1n) is 11.9. The number of rotatable bonds is 4. The van der Waals surface area contributed by atoms with Crippen molar-refractivity contribution in [1.82, 2.24) is 14.8 Å². The van der Waals surface area contributed by atoms with Crippen LogP contribution in [0, 0.1) is 23.4 Å². The van der Waals surface area contributed by atoms with Crippen molar-refractivity contribution >= 4 is 27.8 Å². The normalized spacial score (nSPS) is 21.3. The number of halogens is 3. The summed E-state index contributed by atoms with van der Waals surface area (Å²) in [6.45, 7) is 1.08. The molecule has 9 heteroatoms. The number of ether oxygens (including phenoxy) is 1. The molecule has 1 aliphatic carbocycles. The fourth-order valence-electron chi connectivity index (χ4n) is 6.01. The van der Waals surface area contributed by atoms with Gasteiger partial charge >= 0.3 is 5.97 Å². The Morgan fingerprint density at radius 2 is 1.86 bits per heavy atom. The molecule has 2 fully saturated rings. The van der Waals surface area contributed by atoms with Crippen molar-refractivity contribution in [3.8, 4) is 5.69 Å². The van der Waals surface area contributed by atoms with Crippen molar-refractivity contribution < 1.29 is 27.8 Å². The van der Waals surface area contributed by atoms with Crippen LogP contribution in [0.3, 0.4) is 0 Å². The molecule has 0 radical (unpaired) electrons. The van der Waals surface area contributed by atoms with Gasteiger partial charge in [-0.05, 0) is 61.8 Å². The number of aromatic amines is 1. The minimum Gasteiger partial charge on any atom is -0.481 e. The third-order valence-electron chi connectivity index (χ3n) is 7.64. The van der Waals surface area contributed by atoms with Gasteiger partial charge in [-0.25, -0.2) is 13.2 Å². The van der Waals surface area contributed by atoms with Crippen LogP contribution in [0.15, 0.2) is 30.5 Å². The molecule has 1 saturated heterocycles. The van der Waals surface area contributed by atoms with Crippen LogP contribution in [-0.4, -0.2) is 39.1 Å². The average Bonchev–Trinajstić information content (AvgIpc) is 3.59. The molecule has 3 heterocycles. The highest BCUT2D eigenvalue weighted by molar-refractivity contribution is 6.00. The Kier molecular flexibility index (Phi) is 5.32. The van der Waals surface area contributed by atoms with Gasteiger partial charge in [-0.15, -0.1) is 0 Å². The van der Waals surface area contributed by atoms with Crippen molar-refractivity contribution in [2.45, 2.75) is 43.9 Å². The van der Waals surface area contributed by atoms with Gasteiger partial charge in [-0.1, -0.05) is 0 Å². The van der Waals surface area contributed by atoms with Crippen LogP contribution in [0.25, 0.3) is 27.5 Å². The zero-order valence-corrected chi connectivity index (χ0v) is 18.9. The van der Waals surface area contributed by atoms with E-state index >= 15 is 4.39 Å². The van der Waals surface area contributed by atoms with Crippen molar-refractivity contribution in [3.05, 3.63) is 59.2 Å². The number of nitrogens with zero attached hydrogens (tertiary/aromatic N) is 2. The third-order valence-corrected chi connectivity index (χ3v) is 7.64. The summed E-state index contributed by atoms with van der Waals surface area (Å²) in [6.07, 6.45) is 4.46. The second-order valence-corrected chi connectivity index (χ2v) is 9.58. The first-order chi connectivity index (χ1) is 16.9. The molecule has 1 aliphatic heterocycles. The zero-order chi connectivity index (χ0) is 24.3. The molecule has 2 aliphatic rings. The summed E-state index contributed by atoms with van der Waals surface area (Å²) < 4.78 is 51.8. The van der Waals surface area contributed by atoms with Crippen molar-refractivity contribution in [2.24, 2.45) is 5.92 Å². The van der Waals surface area contributed by atoms with Crippen LogP contribution < -0.4 is 0 Å². The van der Waals surface area contributed by atoms with Gasteiger partial charge in [0, 0.05) is 47.4 Å². The second kappa shape index (κ2) is 8.41. The fourth-order valence-corrected chi connectivity index (χ4v) is 6.01. The van der Waals surface area contributed by atoms with Crippen LogP contribution in [0.5, 0.6) is 0 Å². The Labute approximate surface area is 198 Å². The zero-order valence-electron chi connectivity index (χ0n) is 18.9. The number of aliphatic carboxylic acids is 1. The summed E-state index contributed by atoms with van der Waals surface area (Å²) in [6, 6.07) is 5.52. The number of nitrogens with one attached hydrogen (secondary N) is 1. The van der Waals surface area contributed by atoms with Crippen LogP contribution in [0.4, 0.5) is 13.2 Å². The summed E-state index contributed by atoms with van der Waals surface area (Å²) in [4.78, 5) is 11.7. The number of hydrogen-bond donors (Lipinski definition) is 2. The number of H-pyrrole nitrogens is 1. The van der Waals surface area contributed by atoms with E-state index in [0.29, 0.717) is 67.3 Å². The Balaban J connectivity index is 1.70. The molecule has 2 aromatic heterocycles. The number of carboxylic acids is 1.